The Bertz CT molecular complexity index is 330. The van der Waals surface area contributed by atoms with Crippen molar-refractivity contribution in [1.29, 1.82) is 0 Å². The molecule has 0 unspecified atom stereocenters. The van der Waals surface area contributed by atoms with Crippen molar-refractivity contribution in [3.63, 3.8) is 0 Å². The second-order valence-electron chi connectivity index (χ2n) is 2.24. The molecule has 1 rings (SSSR count). The molecule has 0 radical (unpaired) electrons. The number of carbonyl (C=O) groups is 1. The molecule has 1 heterocycles. The van der Waals surface area contributed by atoms with Gasteiger partial charge in [0, 0.05) is 10.7 Å². The third kappa shape index (κ3) is 2.70. The van der Waals surface area contributed by atoms with Gasteiger partial charge in [-0.3, -0.25) is 0 Å². The lowest BCUT2D eigenvalue weighted by molar-refractivity contribution is 0.0692. The van der Waals surface area contributed by atoms with Crippen molar-refractivity contribution in [2.24, 2.45) is 0 Å². The van der Waals surface area contributed by atoms with E-state index in [0.29, 0.717) is 9.50 Å². The molecule has 0 spiro atoms. The zero-order chi connectivity index (χ0) is 9.84. The van der Waals surface area contributed by atoms with Crippen molar-refractivity contribution >= 4 is 33.7 Å². The molecule has 1 N–H and O–H groups in total. The van der Waals surface area contributed by atoms with Gasteiger partial charge in [0.15, 0.2) is 0 Å². The normalized spacial score (nSPS) is 10.0. The summed E-state index contributed by atoms with van der Waals surface area (Å²) in [5, 5.41) is 9.41. The van der Waals surface area contributed by atoms with Crippen LogP contribution in [0.15, 0.2) is 21.8 Å². The summed E-state index contributed by atoms with van der Waals surface area (Å²) in [6, 6.07) is 1.56. The first-order valence-corrected chi connectivity index (χ1v) is 5.44. The lowest BCUT2D eigenvalue weighted by Crippen LogP contribution is -2.00. The maximum absolute atomic E-state index is 10.8. The fourth-order valence-electron chi connectivity index (χ4n) is 0.832. The lowest BCUT2D eigenvalue weighted by atomic mass is 10.3. The molecule has 5 heteroatoms. The highest BCUT2D eigenvalue weighted by Crippen LogP contribution is 2.22. The first kappa shape index (κ1) is 10.5. The largest absolute Gasteiger partial charge is 0.478 e. The fraction of sp³-hybridized carbons (Fsp3) is 0.250. The molecule has 0 amide bonds. The van der Waals surface area contributed by atoms with E-state index in [-0.39, 0.29) is 5.56 Å². The predicted molar refractivity (Wildman–Crippen MR) is 55.3 cm³/mol. The molecule has 0 aliphatic heterocycles. The monoisotopic (exact) mass is 261 g/mol. The molecule has 0 saturated heterocycles. The van der Waals surface area contributed by atoms with Crippen LogP contribution >= 0.6 is 27.7 Å². The van der Waals surface area contributed by atoms with Crippen LogP contribution in [-0.2, 0) is 0 Å². The maximum Gasteiger partial charge on any atom is 0.338 e. The molecule has 70 valence electrons. The van der Waals surface area contributed by atoms with Crippen LogP contribution in [0.3, 0.4) is 0 Å². The molecule has 13 heavy (non-hydrogen) atoms. The standard InChI is InChI=1S/C8H8BrNO2S/c1-2-13-7-6(8(11)12)3-5(9)4-10-7/h3-4H,2H2,1H3,(H,11,12). The first-order chi connectivity index (χ1) is 6.15. The summed E-state index contributed by atoms with van der Waals surface area (Å²) in [5.41, 5.74) is 0.251. The van der Waals surface area contributed by atoms with Gasteiger partial charge in [0.2, 0.25) is 0 Å². The van der Waals surface area contributed by atoms with E-state index in [1.807, 2.05) is 6.92 Å². The number of carboxylic acids is 1. The number of hydrogen-bond donors (Lipinski definition) is 1. The number of aromatic carboxylic acids is 1. The lowest BCUT2D eigenvalue weighted by Gasteiger charge is -2.02. The highest BCUT2D eigenvalue weighted by atomic mass is 79.9. The van der Waals surface area contributed by atoms with Gasteiger partial charge in [-0.2, -0.15) is 0 Å². The summed E-state index contributed by atoms with van der Waals surface area (Å²) in [7, 11) is 0. The summed E-state index contributed by atoms with van der Waals surface area (Å²) >= 11 is 4.61. The third-order valence-corrected chi connectivity index (χ3v) is 2.65. The third-order valence-electron chi connectivity index (χ3n) is 1.33. The summed E-state index contributed by atoms with van der Waals surface area (Å²) in [4.78, 5) is 14.8. The Morgan fingerprint density at radius 1 is 1.77 bits per heavy atom. The van der Waals surface area contributed by atoms with Gasteiger partial charge in [0.1, 0.15) is 5.03 Å². The molecule has 0 saturated carbocycles. The van der Waals surface area contributed by atoms with Crippen LogP contribution in [0.4, 0.5) is 0 Å². The molecule has 0 aliphatic rings. The fourth-order valence-corrected chi connectivity index (χ4v) is 1.87. The number of pyridine rings is 1. The molecule has 1 aromatic heterocycles. The summed E-state index contributed by atoms with van der Waals surface area (Å²) in [6.45, 7) is 1.96. The number of thioether (sulfide) groups is 1. The molecular weight excluding hydrogens is 254 g/mol. The van der Waals surface area contributed by atoms with Crippen molar-refractivity contribution in [2.45, 2.75) is 11.9 Å². The Hall–Kier alpha value is -0.550. The van der Waals surface area contributed by atoms with Crippen LogP contribution in [-0.4, -0.2) is 21.8 Å². The SMILES string of the molecule is CCSc1ncc(Br)cc1C(=O)O. The van der Waals surface area contributed by atoms with Gasteiger partial charge in [-0.1, -0.05) is 6.92 Å². The molecular formula is C8H8BrNO2S. The molecule has 1 aromatic rings. The second-order valence-corrected chi connectivity index (χ2v) is 4.41. The van der Waals surface area contributed by atoms with Gasteiger partial charge < -0.3 is 5.11 Å². The summed E-state index contributed by atoms with van der Waals surface area (Å²) < 4.78 is 0.686. The molecule has 0 bridgehead atoms. The maximum atomic E-state index is 10.8. The van der Waals surface area contributed by atoms with Crippen LogP contribution in [0.2, 0.25) is 0 Å². The van der Waals surface area contributed by atoms with Crippen LogP contribution in [0, 0.1) is 0 Å². The van der Waals surface area contributed by atoms with E-state index >= 15 is 0 Å². The van der Waals surface area contributed by atoms with Crippen molar-refractivity contribution in [1.82, 2.24) is 4.98 Å². The number of rotatable bonds is 3. The Morgan fingerprint density at radius 3 is 3.00 bits per heavy atom. The highest BCUT2D eigenvalue weighted by molar-refractivity contribution is 9.10. The van der Waals surface area contributed by atoms with E-state index in [4.69, 9.17) is 5.11 Å². The Kier molecular flexibility index (Phi) is 3.74. The minimum atomic E-state index is -0.940. The molecule has 0 fully saturated rings. The van der Waals surface area contributed by atoms with Gasteiger partial charge in [-0.25, -0.2) is 9.78 Å². The van der Waals surface area contributed by atoms with Gasteiger partial charge >= 0.3 is 5.97 Å². The van der Waals surface area contributed by atoms with Crippen molar-refractivity contribution in [2.75, 3.05) is 5.75 Å². The van der Waals surface area contributed by atoms with Crippen molar-refractivity contribution in [3.05, 3.63) is 22.3 Å². The minimum absolute atomic E-state index is 0.251. The van der Waals surface area contributed by atoms with Crippen LogP contribution in [0.1, 0.15) is 17.3 Å². The van der Waals surface area contributed by atoms with Crippen molar-refractivity contribution < 1.29 is 9.90 Å². The van der Waals surface area contributed by atoms with Gasteiger partial charge in [-0.15, -0.1) is 11.8 Å². The van der Waals surface area contributed by atoms with E-state index in [1.165, 1.54) is 11.8 Å². The average molecular weight is 262 g/mol. The van der Waals surface area contributed by atoms with E-state index in [2.05, 4.69) is 20.9 Å². The predicted octanol–water partition coefficient (Wildman–Crippen LogP) is 2.65. The first-order valence-electron chi connectivity index (χ1n) is 3.66. The molecule has 0 aromatic carbocycles. The number of carboxylic acid groups (broad SMARTS) is 1. The number of aromatic nitrogens is 1. The zero-order valence-corrected chi connectivity index (χ0v) is 9.35. The number of halogens is 1. The average Bonchev–Trinajstić information content (AvgIpc) is 2.08. The van der Waals surface area contributed by atoms with Crippen LogP contribution in [0.5, 0.6) is 0 Å². The molecule has 0 aliphatic carbocycles. The summed E-state index contributed by atoms with van der Waals surface area (Å²) in [6.07, 6.45) is 1.60. The molecule has 0 atom stereocenters. The van der Waals surface area contributed by atoms with E-state index in [1.54, 1.807) is 12.3 Å². The van der Waals surface area contributed by atoms with E-state index in [9.17, 15) is 4.79 Å². The Morgan fingerprint density at radius 2 is 2.46 bits per heavy atom. The van der Waals surface area contributed by atoms with E-state index < -0.39 is 5.97 Å². The highest BCUT2D eigenvalue weighted by Gasteiger charge is 2.11. The quantitative estimate of drug-likeness (QED) is 0.851. The van der Waals surface area contributed by atoms with Gasteiger partial charge in [0.05, 0.1) is 5.56 Å². The number of nitrogens with zero attached hydrogens (tertiary/aromatic N) is 1. The van der Waals surface area contributed by atoms with Crippen LogP contribution in [0.25, 0.3) is 0 Å². The van der Waals surface area contributed by atoms with E-state index in [0.717, 1.165) is 5.75 Å². The molecule has 3 nitrogen and oxygen atoms in total. The minimum Gasteiger partial charge on any atom is -0.478 e. The van der Waals surface area contributed by atoms with Gasteiger partial charge in [-0.05, 0) is 27.7 Å². The second kappa shape index (κ2) is 4.62. The van der Waals surface area contributed by atoms with Crippen LogP contribution < -0.4 is 0 Å². The Labute approximate surface area is 88.7 Å². The topological polar surface area (TPSA) is 50.2 Å². The zero-order valence-electron chi connectivity index (χ0n) is 6.95. The smallest absolute Gasteiger partial charge is 0.338 e. The van der Waals surface area contributed by atoms with Crippen molar-refractivity contribution in [3.8, 4) is 0 Å². The number of hydrogen-bond acceptors (Lipinski definition) is 3. The summed E-state index contributed by atoms with van der Waals surface area (Å²) in [5.74, 6) is -0.126. The Balaban J connectivity index is 3.10. The van der Waals surface area contributed by atoms with Gasteiger partial charge in [0.25, 0.3) is 0 Å².